The van der Waals surface area contributed by atoms with Gasteiger partial charge < -0.3 is 5.32 Å². The predicted molar refractivity (Wildman–Crippen MR) is 69.8 cm³/mol. The molecule has 0 bridgehead atoms. The van der Waals surface area contributed by atoms with E-state index in [1.54, 1.807) is 12.4 Å². The van der Waals surface area contributed by atoms with E-state index in [0.29, 0.717) is 0 Å². The normalized spacial score (nSPS) is 13.5. The highest BCUT2D eigenvalue weighted by atomic mass is 32.2. The maximum Gasteiger partial charge on any atom is 0.163 e. The van der Waals surface area contributed by atoms with Crippen molar-refractivity contribution in [1.29, 1.82) is 0 Å². The van der Waals surface area contributed by atoms with Gasteiger partial charge in [0, 0.05) is 42.1 Å². The zero-order valence-electron chi connectivity index (χ0n) is 9.47. The van der Waals surface area contributed by atoms with Crippen LogP contribution in [0.5, 0.6) is 0 Å². The van der Waals surface area contributed by atoms with E-state index in [1.165, 1.54) is 5.56 Å². The van der Waals surface area contributed by atoms with Crippen LogP contribution in [0, 0.1) is 0 Å². The molecule has 3 rings (SSSR count). The molecule has 0 unspecified atom stereocenters. The van der Waals surface area contributed by atoms with Gasteiger partial charge in [0.05, 0.1) is 5.69 Å². The van der Waals surface area contributed by atoms with Crippen molar-refractivity contribution < 1.29 is 0 Å². The van der Waals surface area contributed by atoms with E-state index < -0.39 is 0 Å². The van der Waals surface area contributed by atoms with E-state index in [4.69, 9.17) is 0 Å². The van der Waals surface area contributed by atoms with Gasteiger partial charge in [-0.25, -0.2) is 9.97 Å². The summed E-state index contributed by atoms with van der Waals surface area (Å²) in [7, 11) is 1.90. The summed E-state index contributed by atoms with van der Waals surface area (Å²) in [6.07, 6.45) is 3.55. The highest BCUT2D eigenvalue weighted by Crippen LogP contribution is 2.33. The average molecular weight is 244 g/mol. The molecule has 1 aliphatic rings. The zero-order chi connectivity index (χ0) is 11.7. The third-order valence-corrected chi connectivity index (χ3v) is 3.70. The summed E-state index contributed by atoms with van der Waals surface area (Å²) in [4.78, 5) is 13.3. The molecule has 0 fully saturated rings. The number of nitrogens with zero attached hydrogens (tertiary/aromatic N) is 3. The number of hydrogen-bond donors (Lipinski definition) is 1. The molecule has 5 heteroatoms. The molecule has 86 valence electrons. The summed E-state index contributed by atoms with van der Waals surface area (Å²) in [5.41, 5.74) is 3.35. The summed E-state index contributed by atoms with van der Waals surface area (Å²) >= 11 is 1.88. The molecule has 0 saturated heterocycles. The van der Waals surface area contributed by atoms with Gasteiger partial charge in [-0.1, -0.05) is 0 Å². The number of pyridine rings is 1. The molecular formula is C12H12N4S. The van der Waals surface area contributed by atoms with Gasteiger partial charge in [0.1, 0.15) is 5.82 Å². The fourth-order valence-corrected chi connectivity index (χ4v) is 2.92. The molecule has 0 aliphatic carbocycles. The van der Waals surface area contributed by atoms with Crippen LogP contribution in [0.25, 0.3) is 11.4 Å². The summed E-state index contributed by atoms with van der Waals surface area (Å²) in [5.74, 6) is 3.67. The lowest BCUT2D eigenvalue weighted by Crippen LogP contribution is -2.03. The Labute approximate surface area is 104 Å². The van der Waals surface area contributed by atoms with Crippen molar-refractivity contribution >= 4 is 17.6 Å². The van der Waals surface area contributed by atoms with Crippen molar-refractivity contribution in [2.45, 2.75) is 11.5 Å². The van der Waals surface area contributed by atoms with Gasteiger partial charge in [0.25, 0.3) is 0 Å². The lowest BCUT2D eigenvalue weighted by Gasteiger charge is -2.08. The second-order valence-corrected chi connectivity index (χ2v) is 4.79. The minimum Gasteiger partial charge on any atom is -0.373 e. The van der Waals surface area contributed by atoms with Gasteiger partial charge in [-0.3, -0.25) is 4.98 Å². The Kier molecular flexibility index (Phi) is 2.68. The SMILES string of the molecule is CNc1nc(-c2cccnc2)nc2c1CSC2. The van der Waals surface area contributed by atoms with Crippen LogP contribution in [0.4, 0.5) is 5.82 Å². The second-order valence-electron chi connectivity index (χ2n) is 3.81. The Balaban J connectivity index is 2.13. The summed E-state index contributed by atoms with van der Waals surface area (Å²) < 4.78 is 0. The van der Waals surface area contributed by atoms with Crippen LogP contribution < -0.4 is 5.32 Å². The van der Waals surface area contributed by atoms with Crippen molar-refractivity contribution in [3.8, 4) is 11.4 Å². The minimum atomic E-state index is 0.753. The third kappa shape index (κ3) is 1.86. The quantitative estimate of drug-likeness (QED) is 0.878. The first-order valence-corrected chi connectivity index (χ1v) is 6.59. The molecule has 0 saturated carbocycles. The van der Waals surface area contributed by atoms with E-state index >= 15 is 0 Å². The largest absolute Gasteiger partial charge is 0.373 e. The maximum absolute atomic E-state index is 4.62. The Morgan fingerprint density at radius 2 is 2.24 bits per heavy atom. The summed E-state index contributed by atoms with van der Waals surface area (Å²) in [6, 6.07) is 3.88. The Bertz CT molecular complexity index is 542. The molecule has 0 aromatic carbocycles. The van der Waals surface area contributed by atoms with Gasteiger partial charge in [-0.15, -0.1) is 0 Å². The van der Waals surface area contributed by atoms with Crippen molar-refractivity contribution in [3.63, 3.8) is 0 Å². The standard InChI is InChI=1S/C12H12N4S/c1-13-12-9-6-17-7-10(9)15-11(16-12)8-3-2-4-14-5-8/h2-5H,6-7H2,1H3,(H,13,15,16). The van der Waals surface area contributed by atoms with E-state index in [-0.39, 0.29) is 0 Å². The average Bonchev–Trinajstić information content (AvgIpc) is 2.86. The van der Waals surface area contributed by atoms with Crippen molar-refractivity contribution in [2.75, 3.05) is 12.4 Å². The number of anilines is 1. The summed E-state index contributed by atoms with van der Waals surface area (Å²) in [6.45, 7) is 0. The highest BCUT2D eigenvalue weighted by molar-refractivity contribution is 7.98. The van der Waals surface area contributed by atoms with Gasteiger partial charge in [0.15, 0.2) is 5.82 Å². The van der Waals surface area contributed by atoms with Gasteiger partial charge in [-0.2, -0.15) is 11.8 Å². The maximum atomic E-state index is 4.62. The third-order valence-electron chi connectivity index (χ3n) is 2.73. The zero-order valence-corrected chi connectivity index (χ0v) is 10.3. The van der Waals surface area contributed by atoms with Crippen LogP contribution in [0.15, 0.2) is 24.5 Å². The first-order chi connectivity index (χ1) is 8.38. The Hall–Kier alpha value is -1.62. The fourth-order valence-electron chi connectivity index (χ4n) is 1.88. The van der Waals surface area contributed by atoms with E-state index in [2.05, 4.69) is 20.3 Å². The molecule has 1 aliphatic heterocycles. The molecule has 1 N–H and O–H groups in total. The first-order valence-electron chi connectivity index (χ1n) is 5.44. The van der Waals surface area contributed by atoms with Crippen LogP contribution in [0.3, 0.4) is 0 Å². The van der Waals surface area contributed by atoms with Crippen LogP contribution in [0.1, 0.15) is 11.3 Å². The van der Waals surface area contributed by atoms with Crippen molar-refractivity contribution in [1.82, 2.24) is 15.0 Å². The second kappa shape index (κ2) is 4.33. The van der Waals surface area contributed by atoms with Crippen molar-refractivity contribution in [2.24, 2.45) is 0 Å². The molecule has 2 aromatic rings. The van der Waals surface area contributed by atoms with Crippen LogP contribution >= 0.6 is 11.8 Å². The minimum absolute atomic E-state index is 0.753. The molecule has 0 spiro atoms. The van der Waals surface area contributed by atoms with Gasteiger partial charge >= 0.3 is 0 Å². The van der Waals surface area contributed by atoms with E-state index in [0.717, 1.165) is 34.4 Å². The number of aromatic nitrogens is 3. The molecule has 2 aromatic heterocycles. The van der Waals surface area contributed by atoms with Crippen LogP contribution in [0.2, 0.25) is 0 Å². The smallest absolute Gasteiger partial charge is 0.163 e. The molecule has 0 atom stereocenters. The number of rotatable bonds is 2. The predicted octanol–water partition coefficient (Wildman–Crippen LogP) is 2.33. The van der Waals surface area contributed by atoms with Crippen molar-refractivity contribution in [3.05, 3.63) is 35.8 Å². The van der Waals surface area contributed by atoms with Crippen LogP contribution in [-0.4, -0.2) is 22.0 Å². The lowest BCUT2D eigenvalue weighted by molar-refractivity contribution is 1.07. The number of hydrogen-bond acceptors (Lipinski definition) is 5. The first kappa shape index (κ1) is 10.5. The van der Waals surface area contributed by atoms with Gasteiger partial charge in [0.2, 0.25) is 0 Å². The molecule has 0 amide bonds. The molecule has 0 radical (unpaired) electrons. The molecule has 3 heterocycles. The number of fused-ring (bicyclic) bond motifs is 1. The topological polar surface area (TPSA) is 50.7 Å². The highest BCUT2D eigenvalue weighted by Gasteiger charge is 2.19. The Morgan fingerprint density at radius 3 is 3.00 bits per heavy atom. The number of nitrogens with one attached hydrogen (secondary N) is 1. The fraction of sp³-hybridized carbons (Fsp3) is 0.250. The molecule has 17 heavy (non-hydrogen) atoms. The lowest BCUT2D eigenvalue weighted by atomic mass is 10.2. The number of thioether (sulfide) groups is 1. The van der Waals surface area contributed by atoms with Gasteiger partial charge in [-0.05, 0) is 12.1 Å². The Morgan fingerprint density at radius 1 is 1.29 bits per heavy atom. The molecular weight excluding hydrogens is 232 g/mol. The van der Waals surface area contributed by atoms with E-state index in [9.17, 15) is 0 Å². The summed E-state index contributed by atoms with van der Waals surface area (Å²) in [5, 5.41) is 3.15. The van der Waals surface area contributed by atoms with Crippen LogP contribution in [-0.2, 0) is 11.5 Å². The molecule has 4 nitrogen and oxygen atoms in total. The monoisotopic (exact) mass is 244 g/mol. The van der Waals surface area contributed by atoms with E-state index in [1.807, 2.05) is 30.9 Å².